The highest BCUT2D eigenvalue weighted by Gasteiger charge is 2.70. The Bertz CT molecular complexity index is 1200. The summed E-state index contributed by atoms with van der Waals surface area (Å²) in [6.07, 6.45) is 16.1. The summed E-state index contributed by atoms with van der Waals surface area (Å²) in [5, 5.41) is 7.86. The van der Waals surface area contributed by atoms with Crippen LogP contribution in [0.1, 0.15) is 139 Å². The van der Waals surface area contributed by atoms with E-state index in [9.17, 15) is 9.70 Å². The Balaban J connectivity index is 0.00000160. The molecule has 0 spiro atoms. The van der Waals surface area contributed by atoms with Crippen LogP contribution in [-0.4, -0.2) is 56.0 Å². The fraction of sp³-hybridized carbons (Fsp3) is 0.837. The zero-order valence-electron chi connectivity index (χ0n) is 33.8. The molecule has 6 unspecified atom stereocenters. The van der Waals surface area contributed by atoms with Crippen molar-refractivity contribution in [3.63, 3.8) is 0 Å². The lowest BCUT2D eigenvalue weighted by atomic mass is 9.36. The molecule has 0 aromatic heterocycles. The largest absolute Gasteiger partial charge is 0.385 e. The quantitative estimate of drug-likeness (QED) is 0.0843. The van der Waals surface area contributed by atoms with Crippen molar-refractivity contribution < 1.29 is 4.79 Å². The van der Waals surface area contributed by atoms with Gasteiger partial charge in [-0.1, -0.05) is 76.4 Å². The third-order valence-corrected chi connectivity index (χ3v) is 14.0. The van der Waals surface area contributed by atoms with Crippen LogP contribution in [0.15, 0.2) is 40.2 Å². The number of hydrogen-bond acceptors (Lipinski definition) is 7. The number of nitrogens with zero attached hydrogens (tertiary/aromatic N) is 2. The molecule has 0 heterocycles. The van der Waals surface area contributed by atoms with Crippen LogP contribution in [0.25, 0.3) is 0 Å². The Kier molecular flexibility index (Phi) is 16.0. The predicted octanol–water partition coefficient (Wildman–Crippen LogP) is 9.18. The number of fused-ring (bicyclic) bond motifs is 5. The molecule has 0 amide bonds. The molecule has 0 aromatic rings. The molecule has 4 aliphatic carbocycles. The maximum Gasteiger partial charge on any atom is 0.126 e. The lowest BCUT2D eigenvalue weighted by Crippen LogP contribution is -2.64. The summed E-state index contributed by atoms with van der Waals surface area (Å²) in [7, 11) is 0. The number of allylic oxidation sites excluding steroid dienone is 4. The molecule has 5 N–H and O–H groups in total. The standard InChI is InChI=1S/C40H71N5O.C3H6O/c1-28(2)14-9-16-32(31(5)43-22-13-25-45(23-11-20-41)24-12-21-42)36-30(4)27-40(8)34(36)26-35(44-46)37-38(6)18-10-15-29(3)33(38)17-19-39(37,40)7;1-3(2)4/h14,29-30,33-35,37,43H,5,9-13,15-27,41-42H2,1-4,6-8H3;1-2H3/b36-32+;/t29-,30?,33?,34?,35-,37?,38?,39+,40?;/m1./s1. The molecule has 0 aromatic carbocycles. The molecule has 4 saturated carbocycles. The number of rotatable bonds is 16. The molecule has 7 nitrogen and oxygen atoms in total. The van der Waals surface area contributed by atoms with Crippen LogP contribution in [0.5, 0.6) is 0 Å². The van der Waals surface area contributed by atoms with Gasteiger partial charge in [0.25, 0.3) is 0 Å². The highest BCUT2D eigenvalue weighted by Crippen LogP contribution is 2.75. The van der Waals surface area contributed by atoms with Crippen LogP contribution < -0.4 is 16.8 Å². The summed E-state index contributed by atoms with van der Waals surface area (Å²) >= 11 is 0. The lowest BCUT2D eigenvalue weighted by molar-refractivity contribution is -0.191. The summed E-state index contributed by atoms with van der Waals surface area (Å²) in [5.74, 6) is 2.89. The minimum absolute atomic E-state index is 0.102. The zero-order chi connectivity index (χ0) is 37.3. The number of ketones is 1. The van der Waals surface area contributed by atoms with Gasteiger partial charge in [-0.2, -0.15) is 4.91 Å². The molecule has 9 atom stereocenters. The molecule has 4 rings (SSSR count). The van der Waals surface area contributed by atoms with E-state index in [4.69, 9.17) is 18.0 Å². The minimum Gasteiger partial charge on any atom is -0.385 e. The summed E-state index contributed by atoms with van der Waals surface area (Å²) in [6, 6.07) is -0.102. The second-order valence-corrected chi connectivity index (χ2v) is 17.9. The van der Waals surface area contributed by atoms with Gasteiger partial charge >= 0.3 is 0 Å². The highest BCUT2D eigenvalue weighted by molar-refractivity contribution is 5.72. The molecular formula is C43H77N5O2. The first-order valence-corrected chi connectivity index (χ1v) is 20.3. The van der Waals surface area contributed by atoms with Crippen molar-refractivity contribution in [2.24, 2.45) is 62.5 Å². The summed E-state index contributed by atoms with van der Waals surface area (Å²) in [4.78, 5) is 24.9. The molecule has 7 heteroatoms. The monoisotopic (exact) mass is 696 g/mol. The van der Waals surface area contributed by atoms with E-state index < -0.39 is 0 Å². The molecule has 0 radical (unpaired) electrons. The van der Waals surface area contributed by atoms with E-state index in [1.165, 1.54) is 63.5 Å². The van der Waals surface area contributed by atoms with Gasteiger partial charge in [0.05, 0.1) is 6.04 Å². The minimum atomic E-state index is -0.102. The van der Waals surface area contributed by atoms with Gasteiger partial charge in [0.15, 0.2) is 0 Å². The van der Waals surface area contributed by atoms with Crippen LogP contribution in [0.4, 0.5) is 0 Å². The second kappa shape index (κ2) is 18.8. The molecular weight excluding hydrogens is 619 g/mol. The Hall–Kier alpha value is -1.83. The van der Waals surface area contributed by atoms with Gasteiger partial charge in [0.2, 0.25) is 0 Å². The van der Waals surface area contributed by atoms with E-state index in [-0.39, 0.29) is 28.1 Å². The molecule has 4 aliphatic rings. The number of nitrogens with one attached hydrogen (secondary N) is 1. The van der Waals surface area contributed by atoms with Crippen molar-refractivity contribution in [1.29, 1.82) is 0 Å². The van der Waals surface area contributed by atoms with Gasteiger partial charge in [-0.05, 0) is 176 Å². The van der Waals surface area contributed by atoms with Gasteiger partial charge in [-0.3, -0.25) is 0 Å². The maximum atomic E-state index is 12.9. The molecule has 0 saturated heterocycles. The Morgan fingerprint density at radius 2 is 1.60 bits per heavy atom. The molecule has 286 valence electrons. The Morgan fingerprint density at radius 3 is 2.18 bits per heavy atom. The topological polar surface area (TPSA) is 114 Å². The van der Waals surface area contributed by atoms with Crippen molar-refractivity contribution in [3.05, 3.63) is 40.0 Å². The van der Waals surface area contributed by atoms with Crippen molar-refractivity contribution in [2.45, 2.75) is 145 Å². The smallest absolute Gasteiger partial charge is 0.126 e. The van der Waals surface area contributed by atoms with E-state index >= 15 is 0 Å². The van der Waals surface area contributed by atoms with Crippen LogP contribution in [0.3, 0.4) is 0 Å². The van der Waals surface area contributed by atoms with E-state index in [1.54, 1.807) is 5.57 Å². The Morgan fingerprint density at radius 1 is 0.980 bits per heavy atom. The number of carbonyl (C=O) groups is 1. The fourth-order valence-electron chi connectivity index (χ4n) is 11.9. The van der Waals surface area contributed by atoms with E-state index in [1.807, 2.05) is 0 Å². The number of hydrogen-bond donors (Lipinski definition) is 3. The van der Waals surface area contributed by atoms with E-state index in [0.29, 0.717) is 17.8 Å². The fourth-order valence-corrected chi connectivity index (χ4v) is 11.9. The van der Waals surface area contributed by atoms with Crippen molar-refractivity contribution >= 4 is 5.78 Å². The van der Waals surface area contributed by atoms with E-state index in [2.05, 4.69) is 69.9 Å². The van der Waals surface area contributed by atoms with Crippen molar-refractivity contribution in [2.75, 3.05) is 39.3 Å². The zero-order valence-corrected chi connectivity index (χ0v) is 33.8. The number of carbonyl (C=O) groups excluding carboxylic acids is 1. The third-order valence-electron chi connectivity index (χ3n) is 14.0. The SMILES string of the molecule is C=C(NCCCN(CCCN)CCCN)/C(CCC=C(C)C)=C1\C(C)CC2(C)C1C[C@@H](N=O)C1C3(C)CCC[C@@H](C)C3CC[C@@]12C.CC(C)=O. The molecule has 50 heavy (non-hydrogen) atoms. The normalized spacial score (nSPS) is 35.5. The van der Waals surface area contributed by atoms with Gasteiger partial charge in [0, 0.05) is 12.2 Å². The van der Waals surface area contributed by atoms with Crippen molar-refractivity contribution in [3.8, 4) is 0 Å². The Labute approximate surface area is 307 Å². The first-order chi connectivity index (χ1) is 23.6. The van der Waals surface area contributed by atoms with Crippen LogP contribution in [0.2, 0.25) is 0 Å². The summed E-state index contributed by atoms with van der Waals surface area (Å²) in [5.41, 5.74) is 17.6. The van der Waals surface area contributed by atoms with Crippen LogP contribution in [0, 0.1) is 50.7 Å². The predicted molar refractivity (Wildman–Crippen MR) is 213 cm³/mol. The van der Waals surface area contributed by atoms with Crippen LogP contribution in [-0.2, 0) is 4.79 Å². The van der Waals surface area contributed by atoms with Gasteiger partial charge in [-0.25, -0.2) is 0 Å². The number of nitroso groups, excluding NO2 is 1. The van der Waals surface area contributed by atoms with E-state index in [0.717, 1.165) is 95.3 Å². The first kappa shape index (κ1) is 42.6. The van der Waals surface area contributed by atoms with Crippen LogP contribution >= 0.6 is 0 Å². The van der Waals surface area contributed by atoms with Gasteiger partial charge in [-0.15, -0.1) is 0 Å². The average molecular weight is 696 g/mol. The second-order valence-electron chi connectivity index (χ2n) is 17.9. The maximum absolute atomic E-state index is 12.9. The molecule has 0 bridgehead atoms. The third kappa shape index (κ3) is 9.39. The average Bonchev–Trinajstić information content (AvgIpc) is 3.30. The highest BCUT2D eigenvalue weighted by atomic mass is 16.3. The van der Waals surface area contributed by atoms with Gasteiger partial charge in [0.1, 0.15) is 5.78 Å². The summed E-state index contributed by atoms with van der Waals surface area (Å²) < 4.78 is 0. The number of nitrogens with two attached hydrogens (primary N) is 2. The first-order valence-electron chi connectivity index (χ1n) is 20.3. The number of Topliss-reactive ketones (excluding diaryl/α,β-unsaturated/α-hetero) is 1. The summed E-state index contributed by atoms with van der Waals surface area (Å²) in [6.45, 7) is 30.4. The molecule has 0 aliphatic heterocycles. The van der Waals surface area contributed by atoms with Gasteiger partial charge < -0.3 is 26.5 Å². The van der Waals surface area contributed by atoms with Crippen molar-refractivity contribution in [1.82, 2.24) is 10.2 Å². The molecule has 4 fully saturated rings. The lowest BCUT2D eigenvalue weighted by Gasteiger charge is -2.68.